The lowest BCUT2D eigenvalue weighted by atomic mass is 10.1. The molecule has 0 bridgehead atoms. The smallest absolute Gasteiger partial charge is 0.415 e. The van der Waals surface area contributed by atoms with Gasteiger partial charge < -0.3 is 4.74 Å². The SMILES string of the molecule is CCc1ccc(N2CCC(C#N)OC2=O)cc1. The Bertz CT molecular complexity index is 447. The standard InChI is InChI=1S/C13H14N2O2/c1-2-10-3-5-11(6-4-10)15-8-7-12(9-14)17-13(15)16/h3-6,12H,2,7-8H2,1H3. The summed E-state index contributed by atoms with van der Waals surface area (Å²) < 4.78 is 4.98. The van der Waals surface area contributed by atoms with Crippen LogP contribution in [0.5, 0.6) is 0 Å². The summed E-state index contributed by atoms with van der Waals surface area (Å²) >= 11 is 0. The number of carbonyl (C=O) groups excluding carboxylic acids is 1. The highest BCUT2D eigenvalue weighted by atomic mass is 16.6. The van der Waals surface area contributed by atoms with Crippen molar-refractivity contribution in [2.75, 3.05) is 11.4 Å². The first-order valence-corrected chi connectivity index (χ1v) is 5.71. The first-order valence-electron chi connectivity index (χ1n) is 5.71. The number of aryl methyl sites for hydroxylation is 1. The van der Waals surface area contributed by atoms with Crippen molar-refractivity contribution in [2.45, 2.75) is 25.9 Å². The van der Waals surface area contributed by atoms with Crippen LogP contribution >= 0.6 is 0 Å². The minimum atomic E-state index is -0.603. The number of ether oxygens (including phenoxy) is 1. The topological polar surface area (TPSA) is 53.3 Å². The average Bonchev–Trinajstić information content (AvgIpc) is 2.39. The lowest BCUT2D eigenvalue weighted by Gasteiger charge is -2.28. The Kier molecular flexibility index (Phi) is 3.29. The Morgan fingerprint density at radius 2 is 2.18 bits per heavy atom. The van der Waals surface area contributed by atoms with Crippen molar-refractivity contribution >= 4 is 11.8 Å². The second-order valence-electron chi connectivity index (χ2n) is 3.96. The van der Waals surface area contributed by atoms with Gasteiger partial charge in [-0.05, 0) is 24.1 Å². The van der Waals surface area contributed by atoms with E-state index >= 15 is 0 Å². The maximum Gasteiger partial charge on any atom is 0.415 e. The van der Waals surface area contributed by atoms with Gasteiger partial charge in [0.25, 0.3) is 0 Å². The average molecular weight is 230 g/mol. The quantitative estimate of drug-likeness (QED) is 0.784. The highest BCUT2D eigenvalue weighted by Gasteiger charge is 2.27. The van der Waals surface area contributed by atoms with E-state index in [1.807, 2.05) is 30.3 Å². The molecule has 1 aliphatic heterocycles. The fourth-order valence-electron chi connectivity index (χ4n) is 1.82. The van der Waals surface area contributed by atoms with Gasteiger partial charge >= 0.3 is 6.09 Å². The summed E-state index contributed by atoms with van der Waals surface area (Å²) in [6, 6.07) is 9.77. The monoisotopic (exact) mass is 230 g/mol. The van der Waals surface area contributed by atoms with Crippen LogP contribution in [0.3, 0.4) is 0 Å². The molecule has 0 spiro atoms. The van der Waals surface area contributed by atoms with E-state index in [0.717, 1.165) is 12.1 Å². The van der Waals surface area contributed by atoms with Crippen LogP contribution in [0, 0.1) is 11.3 Å². The van der Waals surface area contributed by atoms with Crippen molar-refractivity contribution in [1.29, 1.82) is 5.26 Å². The summed E-state index contributed by atoms with van der Waals surface area (Å²) in [5.41, 5.74) is 2.05. The molecule has 1 fully saturated rings. The number of rotatable bonds is 2. The largest absolute Gasteiger partial charge is 0.430 e. The number of nitriles is 1. The zero-order chi connectivity index (χ0) is 12.3. The first-order chi connectivity index (χ1) is 8.24. The molecule has 1 atom stereocenters. The summed E-state index contributed by atoms with van der Waals surface area (Å²) in [5, 5.41) is 8.69. The zero-order valence-electron chi connectivity index (χ0n) is 9.72. The maximum absolute atomic E-state index is 11.7. The molecule has 88 valence electrons. The predicted octanol–water partition coefficient (Wildman–Crippen LogP) is 2.49. The van der Waals surface area contributed by atoms with Gasteiger partial charge in [0, 0.05) is 18.7 Å². The van der Waals surface area contributed by atoms with Crippen LogP contribution in [-0.2, 0) is 11.2 Å². The summed E-state index contributed by atoms with van der Waals surface area (Å²) in [4.78, 5) is 13.2. The molecule has 1 unspecified atom stereocenters. The van der Waals surface area contributed by atoms with Gasteiger partial charge in [0.15, 0.2) is 6.10 Å². The van der Waals surface area contributed by atoms with Gasteiger partial charge in [-0.1, -0.05) is 19.1 Å². The molecule has 1 saturated heterocycles. The number of hydrogen-bond acceptors (Lipinski definition) is 3. The predicted molar refractivity (Wildman–Crippen MR) is 63.7 cm³/mol. The van der Waals surface area contributed by atoms with Crippen molar-refractivity contribution < 1.29 is 9.53 Å². The lowest BCUT2D eigenvalue weighted by molar-refractivity contribution is 0.111. The molecule has 2 rings (SSSR count). The van der Waals surface area contributed by atoms with Gasteiger partial charge in [-0.25, -0.2) is 4.79 Å². The maximum atomic E-state index is 11.7. The molecule has 0 radical (unpaired) electrons. The highest BCUT2D eigenvalue weighted by Crippen LogP contribution is 2.21. The fraction of sp³-hybridized carbons (Fsp3) is 0.385. The third kappa shape index (κ3) is 2.39. The third-order valence-corrected chi connectivity index (χ3v) is 2.88. The van der Waals surface area contributed by atoms with Crippen LogP contribution in [0.25, 0.3) is 0 Å². The fourth-order valence-corrected chi connectivity index (χ4v) is 1.82. The van der Waals surface area contributed by atoms with E-state index in [2.05, 4.69) is 6.92 Å². The Morgan fingerprint density at radius 3 is 2.71 bits per heavy atom. The van der Waals surface area contributed by atoms with Crippen molar-refractivity contribution in [3.05, 3.63) is 29.8 Å². The molecule has 1 aliphatic rings. The molecule has 0 aromatic heterocycles. The number of hydrogen-bond donors (Lipinski definition) is 0. The second kappa shape index (κ2) is 4.88. The van der Waals surface area contributed by atoms with Gasteiger partial charge in [-0.2, -0.15) is 5.26 Å². The van der Waals surface area contributed by atoms with Crippen LogP contribution < -0.4 is 4.90 Å². The van der Waals surface area contributed by atoms with Crippen LogP contribution in [0.2, 0.25) is 0 Å². The number of amides is 1. The van der Waals surface area contributed by atoms with Crippen LogP contribution in [0.1, 0.15) is 18.9 Å². The van der Waals surface area contributed by atoms with E-state index in [0.29, 0.717) is 13.0 Å². The van der Waals surface area contributed by atoms with E-state index in [1.165, 1.54) is 5.56 Å². The minimum absolute atomic E-state index is 0.438. The number of nitrogens with zero attached hydrogens (tertiary/aromatic N) is 2. The Balaban J connectivity index is 2.12. The number of benzene rings is 1. The molecule has 1 amide bonds. The van der Waals surface area contributed by atoms with E-state index in [4.69, 9.17) is 10.00 Å². The normalized spacial score (nSPS) is 19.6. The molecule has 1 aromatic rings. The molecule has 17 heavy (non-hydrogen) atoms. The summed E-state index contributed by atoms with van der Waals surface area (Å²) in [5.74, 6) is 0. The van der Waals surface area contributed by atoms with E-state index in [1.54, 1.807) is 4.90 Å². The molecule has 0 saturated carbocycles. The van der Waals surface area contributed by atoms with Crippen molar-refractivity contribution in [2.24, 2.45) is 0 Å². The van der Waals surface area contributed by atoms with Crippen LogP contribution in [0.4, 0.5) is 10.5 Å². The van der Waals surface area contributed by atoms with Crippen LogP contribution in [-0.4, -0.2) is 18.7 Å². The number of cyclic esters (lactones) is 1. The molecule has 1 aromatic carbocycles. The van der Waals surface area contributed by atoms with Crippen LogP contribution in [0.15, 0.2) is 24.3 Å². The molecule has 4 nitrogen and oxygen atoms in total. The number of anilines is 1. The number of carbonyl (C=O) groups is 1. The van der Waals surface area contributed by atoms with E-state index < -0.39 is 12.2 Å². The Morgan fingerprint density at radius 1 is 1.47 bits per heavy atom. The Labute approximate surface area is 100 Å². The highest BCUT2D eigenvalue weighted by molar-refractivity contribution is 5.88. The van der Waals surface area contributed by atoms with Crippen molar-refractivity contribution in [3.8, 4) is 6.07 Å². The molecule has 1 heterocycles. The molecule has 0 N–H and O–H groups in total. The zero-order valence-corrected chi connectivity index (χ0v) is 9.72. The van der Waals surface area contributed by atoms with Gasteiger partial charge in [-0.3, -0.25) is 4.90 Å². The van der Waals surface area contributed by atoms with E-state index in [-0.39, 0.29) is 0 Å². The van der Waals surface area contributed by atoms with Gasteiger partial charge in [-0.15, -0.1) is 0 Å². The minimum Gasteiger partial charge on any atom is -0.430 e. The molecular formula is C13H14N2O2. The molecular weight excluding hydrogens is 216 g/mol. The van der Waals surface area contributed by atoms with Gasteiger partial charge in [0.05, 0.1) is 0 Å². The second-order valence-corrected chi connectivity index (χ2v) is 3.96. The summed E-state index contributed by atoms with van der Waals surface area (Å²) in [6.45, 7) is 2.62. The first kappa shape index (κ1) is 11.5. The van der Waals surface area contributed by atoms with Crippen molar-refractivity contribution in [3.63, 3.8) is 0 Å². The Hall–Kier alpha value is -2.02. The van der Waals surface area contributed by atoms with Gasteiger partial charge in [0.2, 0.25) is 0 Å². The van der Waals surface area contributed by atoms with E-state index in [9.17, 15) is 4.79 Å². The van der Waals surface area contributed by atoms with Gasteiger partial charge in [0.1, 0.15) is 6.07 Å². The lowest BCUT2D eigenvalue weighted by Crippen LogP contribution is -2.41. The third-order valence-electron chi connectivity index (χ3n) is 2.88. The molecule has 0 aliphatic carbocycles. The molecule has 4 heteroatoms. The summed E-state index contributed by atoms with van der Waals surface area (Å²) in [6.07, 6.45) is 0.486. The summed E-state index contributed by atoms with van der Waals surface area (Å²) in [7, 11) is 0. The van der Waals surface area contributed by atoms with Crippen molar-refractivity contribution in [1.82, 2.24) is 0 Å².